The lowest BCUT2D eigenvalue weighted by Gasteiger charge is -2.32. The highest BCUT2D eigenvalue weighted by atomic mass is 16.4. The Labute approximate surface area is 111 Å². The van der Waals surface area contributed by atoms with Gasteiger partial charge in [-0.2, -0.15) is 0 Å². The van der Waals surface area contributed by atoms with Crippen LogP contribution in [0.4, 0.5) is 0 Å². The molecule has 5 nitrogen and oxygen atoms in total. The van der Waals surface area contributed by atoms with Crippen molar-refractivity contribution in [2.24, 2.45) is 5.41 Å². The van der Waals surface area contributed by atoms with Crippen LogP contribution in [-0.4, -0.2) is 40.6 Å². The van der Waals surface area contributed by atoms with Crippen LogP contribution in [0.5, 0.6) is 0 Å². The smallest absolute Gasteiger partial charge is 0.312 e. The van der Waals surface area contributed by atoms with Gasteiger partial charge in [0.25, 0.3) is 0 Å². The molecule has 0 aliphatic carbocycles. The minimum atomic E-state index is -1.25. The first kappa shape index (κ1) is 13.5. The molecule has 2 N–H and O–H groups in total. The van der Waals surface area contributed by atoms with Gasteiger partial charge in [-0.15, -0.1) is 0 Å². The Morgan fingerprint density at radius 2 is 1.95 bits per heavy atom. The molecule has 19 heavy (non-hydrogen) atoms. The van der Waals surface area contributed by atoms with Crippen molar-refractivity contribution in [1.82, 2.24) is 4.90 Å². The summed E-state index contributed by atoms with van der Waals surface area (Å²) in [4.78, 5) is 24.7. The van der Waals surface area contributed by atoms with E-state index in [1.54, 1.807) is 0 Å². The van der Waals surface area contributed by atoms with Crippen LogP contribution in [-0.2, 0) is 9.59 Å². The van der Waals surface area contributed by atoms with Gasteiger partial charge in [-0.3, -0.25) is 14.5 Å². The summed E-state index contributed by atoms with van der Waals surface area (Å²) in [6, 6.07) is 8.85. The van der Waals surface area contributed by atoms with E-state index in [1.807, 2.05) is 42.3 Å². The van der Waals surface area contributed by atoms with Crippen molar-refractivity contribution in [2.75, 3.05) is 13.6 Å². The Bertz CT molecular complexity index is 487. The van der Waals surface area contributed by atoms with E-state index in [-0.39, 0.29) is 6.42 Å². The maximum atomic E-state index is 11.7. The minimum absolute atomic E-state index is 0.352. The topological polar surface area (TPSA) is 77.8 Å². The van der Waals surface area contributed by atoms with Crippen molar-refractivity contribution in [3.63, 3.8) is 0 Å². The van der Waals surface area contributed by atoms with E-state index < -0.39 is 23.4 Å². The van der Waals surface area contributed by atoms with Gasteiger partial charge in [-0.05, 0) is 25.6 Å². The first-order chi connectivity index (χ1) is 8.97. The molecule has 1 aliphatic rings. The second-order valence-electron chi connectivity index (χ2n) is 5.08. The Morgan fingerprint density at radius 3 is 2.47 bits per heavy atom. The fraction of sp³-hybridized carbons (Fsp3) is 0.429. The van der Waals surface area contributed by atoms with Gasteiger partial charge in [0.05, 0.1) is 17.9 Å². The van der Waals surface area contributed by atoms with E-state index in [2.05, 4.69) is 0 Å². The van der Waals surface area contributed by atoms with Crippen molar-refractivity contribution in [1.29, 1.82) is 0 Å². The number of carboxylic acid groups (broad SMARTS) is 2. The normalized spacial score (nSPS) is 27.3. The van der Waals surface area contributed by atoms with Gasteiger partial charge in [-0.25, -0.2) is 0 Å². The zero-order valence-electron chi connectivity index (χ0n) is 10.7. The maximum absolute atomic E-state index is 11.7. The van der Waals surface area contributed by atoms with E-state index >= 15 is 0 Å². The van der Waals surface area contributed by atoms with Crippen LogP contribution in [0.3, 0.4) is 0 Å². The lowest BCUT2D eigenvalue weighted by molar-refractivity contribution is -0.157. The largest absolute Gasteiger partial charge is 0.481 e. The molecular formula is C14H17NO4. The summed E-state index contributed by atoms with van der Waals surface area (Å²) in [5.41, 5.74) is -0.395. The fourth-order valence-corrected chi connectivity index (χ4v) is 3.03. The van der Waals surface area contributed by atoms with Gasteiger partial charge in [0.1, 0.15) is 0 Å². The third kappa shape index (κ3) is 2.33. The summed E-state index contributed by atoms with van der Waals surface area (Å²) in [6.45, 7) is 0.582. The van der Waals surface area contributed by atoms with Crippen molar-refractivity contribution in [3.05, 3.63) is 35.9 Å². The summed E-state index contributed by atoms with van der Waals surface area (Å²) in [5, 5.41) is 18.6. The first-order valence-electron chi connectivity index (χ1n) is 6.18. The molecule has 1 saturated heterocycles. The summed E-state index contributed by atoms with van der Waals surface area (Å²) >= 11 is 0. The third-order valence-electron chi connectivity index (χ3n) is 3.88. The molecule has 0 saturated carbocycles. The number of carboxylic acids is 2. The molecule has 1 aromatic carbocycles. The summed E-state index contributed by atoms with van der Waals surface area (Å²) in [5.74, 6) is -2.10. The lowest BCUT2D eigenvalue weighted by atomic mass is 9.74. The molecule has 0 spiro atoms. The fourth-order valence-electron chi connectivity index (χ4n) is 3.03. The molecule has 0 radical (unpaired) electrons. The number of nitrogens with zero attached hydrogens (tertiary/aromatic N) is 1. The zero-order valence-corrected chi connectivity index (χ0v) is 10.7. The highest BCUT2D eigenvalue weighted by Crippen LogP contribution is 2.49. The minimum Gasteiger partial charge on any atom is -0.481 e. The van der Waals surface area contributed by atoms with Crippen molar-refractivity contribution in [2.45, 2.75) is 18.9 Å². The summed E-state index contributed by atoms with van der Waals surface area (Å²) in [6.07, 6.45) is -0.00305. The van der Waals surface area contributed by atoms with Crippen LogP contribution in [0.15, 0.2) is 30.3 Å². The molecule has 1 aliphatic heterocycles. The van der Waals surface area contributed by atoms with Crippen molar-refractivity contribution >= 4 is 11.9 Å². The molecule has 0 bridgehead atoms. The summed E-state index contributed by atoms with van der Waals surface area (Å²) < 4.78 is 0. The van der Waals surface area contributed by atoms with Crippen LogP contribution in [0.2, 0.25) is 0 Å². The predicted octanol–water partition coefficient (Wildman–Crippen LogP) is 1.61. The van der Waals surface area contributed by atoms with E-state index in [0.29, 0.717) is 13.0 Å². The van der Waals surface area contributed by atoms with E-state index in [9.17, 15) is 14.7 Å². The van der Waals surface area contributed by atoms with Crippen LogP contribution < -0.4 is 0 Å². The third-order valence-corrected chi connectivity index (χ3v) is 3.88. The number of rotatable bonds is 4. The number of aliphatic carboxylic acids is 2. The van der Waals surface area contributed by atoms with E-state index in [1.165, 1.54) is 0 Å². The van der Waals surface area contributed by atoms with Gasteiger partial charge in [0, 0.05) is 0 Å². The van der Waals surface area contributed by atoms with E-state index in [4.69, 9.17) is 5.11 Å². The average molecular weight is 263 g/mol. The highest BCUT2D eigenvalue weighted by Gasteiger charge is 2.53. The Morgan fingerprint density at radius 1 is 1.32 bits per heavy atom. The Kier molecular flexibility index (Phi) is 3.57. The maximum Gasteiger partial charge on any atom is 0.312 e. The monoisotopic (exact) mass is 263 g/mol. The van der Waals surface area contributed by atoms with Gasteiger partial charge in [-0.1, -0.05) is 30.3 Å². The van der Waals surface area contributed by atoms with Gasteiger partial charge in [0.2, 0.25) is 0 Å². The number of carbonyl (C=O) groups is 2. The number of likely N-dealkylation sites (tertiary alicyclic amines) is 1. The van der Waals surface area contributed by atoms with E-state index in [0.717, 1.165) is 5.56 Å². The Hall–Kier alpha value is -1.88. The molecule has 2 atom stereocenters. The van der Waals surface area contributed by atoms with Crippen molar-refractivity contribution in [3.8, 4) is 0 Å². The molecule has 0 amide bonds. The predicted molar refractivity (Wildman–Crippen MR) is 68.8 cm³/mol. The summed E-state index contributed by atoms with van der Waals surface area (Å²) in [7, 11) is 1.84. The number of hydrogen-bond acceptors (Lipinski definition) is 3. The average Bonchev–Trinajstić information content (AvgIpc) is 2.68. The SMILES string of the molecule is CN1CC[C@@](CC(=O)O)(C(=O)O)[C@H]1c1ccccc1. The second kappa shape index (κ2) is 5.01. The molecule has 1 fully saturated rings. The highest BCUT2D eigenvalue weighted by molar-refractivity contribution is 5.83. The molecule has 2 rings (SSSR count). The quantitative estimate of drug-likeness (QED) is 0.863. The molecule has 1 heterocycles. The van der Waals surface area contributed by atoms with Gasteiger partial charge < -0.3 is 10.2 Å². The number of hydrogen-bond donors (Lipinski definition) is 2. The van der Waals surface area contributed by atoms with Gasteiger partial charge >= 0.3 is 11.9 Å². The molecule has 5 heteroatoms. The standard InChI is InChI=1S/C14H17NO4/c1-15-8-7-14(13(18)19,9-11(16)17)12(15)10-5-3-2-4-6-10/h2-6,12H,7-9H2,1H3,(H,16,17)(H,18,19)/t12-,14+/m1/s1. The van der Waals surface area contributed by atoms with Gasteiger partial charge in [0.15, 0.2) is 0 Å². The van der Waals surface area contributed by atoms with Crippen LogP contribution in [0.25, 0.3) is 0 Å². The molecule has 1 aromatic rings. The molecule has 0 unspecified atom stereocenters. The molecular weight excluding hydrogens is 246 g/mol. The van der Waals surface area contributed by atoms with Crippen LogP contribution >= 0.6 is 0 Å². The Balaban J connectivity index is 2.47. The van der Waals surface area contributed by atoms with Crippen LogP contribution in [0, 0.1) is 5.41 Å². The molecule has 0 aromatic heterocycles. The number of benzene rings is 1. The van der Waals surface area contributed by atoms with Crippen molar-refractivity contribution < 1.29 is 19.8 Å². The molecule has 102 valence electrons. The second-order valence-corrected chi connectivity index (χ2v) is 5.08. The zero-order chi connectivity index (χ0) is 14.0. The lowest BCUT2D eigenvalue weighted by Crippen LogP contribution is -2.39. The van der Waals surface area contributed by atoms with Crippen LogP contribution in [0.1, 0.15) is 24.4 Å². The first-order valence-corrected chi connectivity index (χ1v) is 6.18.